The first-order valence-corrected chi connectivity index (χ1v) is 7.78. The van der Waals surface area contributed by atoms with Gasteiger partial charge in [0.15, 0.2) is 11.6 Å². The zero-order valence-electron chi connectivity index (χ0n) is 13.3. The molecule has 0 aliphatic rings. The van der Waals surface area contributed by atoms with Crippen LogP contribution in [0.25, 0.3) is 5.69 Å². The van der Waals surface area contributed by atoms with Crippen LogP contribution in [-0.2, 0) is 6.54 Å². The van der Waals surface area contributed by atoms with Gasteiger partial charge in [0.05, 0.1) is 19.3 Å². The van der Waals surface area contributed by atoms with Crippen LogP contribution in [0.5, 0.6) is 5.75 Å². The Balaban J connectivity index is 1.97. The van der Waals surface area contributed by atoms with Gasteiger partial charge in [0.25, 0.3) is 0 Å². The zero-order valence-corrected chi connectivity index (χ0v) is 14.0. The summed E-state index contributed by atoms with van der Waals surface area (Å²) in [4.78, 5) is 24.7. The number of benzene rings is 2. The topological polar surface area (TPSA) is 53.2 Å². The zero-order chi connectivity index (χ0) is 18.0. The molecule has 0 N–H and O–H groups in total. The summed E-state index contributed by atoms with van der Waals surface area (Å²) in [6, 6.07) is 11.0. The highest BCUT2D eigenvalue weighted by molar-refractivity contribution is 6.30. The summed E-state index contributed by atoms with van der Waals surface area (Å²) >= 11 is 5.92. The number of ether oxygens (including phenoxy) is 1. The second-order valence-corrected chi connectivity index (χ2v) is 5.79. The van der Waals surface area contributed by atoms with Crippen LogP contribution in [0.15, 0.2) is 64.4 Å². The molecule has 0 amide bonds. The molecule has 0 atom stereocenters. The predicted molar refractivity (Wildman–Crippen MR) is 93.4 cm³/mol. The summed E-state index contributed by atoms with van der Waals surface area (Å²) < 4.78 is 21.1. The Bertz CT molecular complexity index is 1040. The monoisotopic (exact) mass is 360 g/mol. The molecule has 1 aromatic heterocycles. The molecule has 128 valence electrons. The number of hydrogen-bond donors (Lipinski definition) is 0. The second kappa shape index (κ2) is 6.94. The lowest BCUT2D eigenvalue weighted by Crippen LogP contribution is -2.40. The first-order chi connectivity index (χ1) is 12.0. The van der Waals surface area contributed by atoms with E-state index in [2.05, 4.69) is 0 Å². The highest BCUT2D eigenvalue weighted by atomic mass is 35.5. The SMILES string of the molecule is COc1ccc(Cn2ccn(-c3cccc(Cl)c3)c(=O)c2=O)cc1F. The molecule has 0 saturated carbocycles. The predicted octanol–water partition coefficient (Wildman–Crippen LogP) is 2.85. The van der Waals surface area contributed by atoms with Crippen molar-refractivity contribution in [2.24, 2.45) is 0 Å². The maximum Gasteiger partial charge on any atom is 0.320 e. The third-order valence-electron chi connectivity index (χ3n) is 3.71. The number of nitrogens with zero attached hydrogens (tertiary/aromatic N) is 2. The molecule has 0 radical (unpaired) electrons. The van der Waals surface area contributed by atoms with Gasteiger partial charge in [-0.2, -0.15) is 0 Å². The van der Waals surface area contributed by atoms with Gasteiger partial charge in [-0.25, -0.2) is 4.39 Å². The molecule has 0 fully saturated rings. The molecule has 0 saturated heterocycles. The van der Waals surface area contributed by atoms with E-state index in [0.717, 1.165) is 0 Å². The summed E-state index contributed by atoms with van der Waals surface area (Å²) in [5.74, 6) is -0.409. The Morgan fingerprint density at radius 1 is 1.08 bits per heavy atom. The number of halogens is 2. The molecular formula is C18H14ClFN2O3. The van der Waals surface area contributed by atoms with E-state index in [1.807, 2.05) is 0 Å². The minimum absolute atomic E-state index is 0.0748. The van der Waals surface area contributed by atoms with Crippen molar-refractivity contribution in [1.82, 2.24) is 9.13 Å². The third-order valence-corrected chi connectivity index (χ3v) is 3.95. The van der Waals surface area contributed by atoms with Gasteiger partial charge in [-0.3, -0.25) is 14.2 Å². The van der Waals surface area contributed by atoms with Gasteiger partial charge in [-0.1, -0.05) is 23.7 Å². The van der Waals surface area contributed by atoms with Gasteiger partial charge < -0.3 is 9.30 Å². The number of hydrogen-bond acceptors (Lipinski definition) is 3. The first kappa shape index (κ1) is 17.0. The fourth-order valence-corrected chi connectivity index (χ4v) is 2.65. The summed E-state index contributed by atoms with van der Waals surface area (Å²) in [7, 11) is 1.37. The van der Waals surface area contributed by atoms with E-state index in [1.54, 1.807) is 30.3 Å². The maximum absolute atomic E-state index is 13.8. The molecule has 0 unspecified atom stereocenters. The van der Waals surface area contributed by atoms with Gasteiger partial charge in [0, 0.05) is 17.4 Å². The van der Waals surface area contributed by atoms with Crippen molar-refractivity contribution in [3.63, 3.8) is 0 Å². The van der Waals surface area contributed by atoms with Gasteiger partial charge in [-0.15, -0.1) is 0 Å². The molecular weight excluding hydrogens is 347 g/mol. The van der Waals surface area contributed by atoms with Gasteiger partial charge in [-0.05, 0) is 35.9 Å². The van der Waals surface area contributed by atoms with Crippen LogP contribution in [0, 0.1) is 5.82 Å². The van der Waals surface area contributed by atoms with Gasteiger partial charge >= 0.3 is 11.1 Å². The van der Waals surface area contributed by atoms with E-state index in [0.29, 0.717) is 16.3 Å². The van der Waals surface area contributed by atoms with Crippen LogP contribution in [0.3, 0.4) is 0 Å². The van der Waals surface area contributed by atoms with E-state index in [-0.39, 0.29) is 12.3 Å². The van der Waals surface area contributed by atoms with Crippen molar-refractivity contribution in [1.29, 1.82) is 0 Å². The first-order valence-electron chi connectivity index (χ1n) is 7.40. The molecule has 0 aliphatic carbocycles. The lowest BCUT2D eigenvalue weighted by molar-refractivity contribution is 0.386. The molecule has 25 heavy (non-hydrogen) atoms. The Hall–Kier alpha value is -2.86. The number of rotatable bonds is 4. The second-order valence-electron chi connectivity index (χ2n) is 5.36. The molecule has 3 rings (SSSR count). The smallest absolute Gasteiger partial charge is 0.320 e. The van der Waals surface area contributed by atoms with Crippen molar-refractivity contribution >= 4 is 11.6 Å². The fourth-order valence-electron chi connectivity index (χ4n) is 2.47. The van der Waals surface area contributed by atoms with E-state index >= 15 is 0 Å². The molecule has 0 aliphatic heterocycles. The third kappa shape index (κ3) is 3.49. The Morgan fingerprint density at radius 3 is 2.56 bits per heavy atom. The average Bonchev–Trinajstić information content (AvgIpc) is 2.59. The molecule has 0 bridgehead atoms. The maximum atomic E-state index is 13.8. The van der Waals surface area contributed by atoms with Gasteiger partial charge in [0.2, 0.25) is 0 Å². The van der Waals surface area contributed by atoms with Crippen molar-refractivity contribution < 1.29 is 9.13 Å². The highest BCUT2D eigenvalue weighted by Crippen LogP contribution is 2.18. The number of methoxy groups -OCH3 is 1. The Morgan fingerprint density at radius 2 is 1.88 bits per heavy atom. The average molecular weight is 361 g/mol. The largest absolute Gasteiger partial charge is 0.494 e. The minimum Gasteiger partial charge on any atom is -0.494 e. The van der Waals surface area contributed by atoms with E-state index in [9.17, 15) is 14.0 Å². The highest BCUT2D eigenvalue weighted by Gasteiger charge is 2.09. The molecule has 5 nitrogen and oxygen atoms in total. The molecule has 1 heterocycles. The van der Waals surface area contributed by atoms with Crippen molar-refractivity contribution in [3.8, 4) is 11.4 Å². The van der Waals surface area contributed by atoms with Gasteiger partial charge in [0.1, 0.15) is 0 Å². The normalized spacial score (nSPS) is 10.7. The lowest BCUT2D eigenvalue weighted by Gasteiger charge is -2.10. The van der Waals surface area contributed by atoms with Crippen LogP contribution in [-0.4, -0.2) is 16.2 Å². The minimum atomic E-state index is -0.710. The van der Waals surface area contributed by atoms with Crippen molar-refractivity contribution in [2.45, 2.75) is 6.54 Å². The van der Waals surface area contributed by atoms with Crippen LogP contribution in [0.1, 0.15) is 5.56 Å². The lowest BCUT2D eigenvalue weighted by atomic mass is 10.2. The van der Waals surface area contributed by atoms with Crippen LogP contribution in [0.2, 0.25) is 5.02 Å². The quantitative estimate of drug-likeness (QED) is 0.672. The van der Waals surface area contributed by atoms with Crippen LogP contribution < -0.4 is 15.9 Å². The summed E-state index contributed by atoms with van der Waals surface area (Å²) in [6.45, 7) is 0.0748. The van der Waals surface area contributed by atoms with Crippen LogP contribution >= 0.6 is 11.6 Å². The summed E-state index contributed by atoms with van der Waals surface area (Å²) in [5.41, 5.74) is -0.380. The summed E-state index contributed by atoms with van der Waals surface area (Å²) in [6.07, 6.45) is 2.96. The van der Waals surface area contributed by atoms with E-state index in [1.165, 1.54) is 40.8 Å². The molecule has 0 spiro atoms. The fraction of sp³-hybridized carbons (Fsp3) is 0.111. The standard InChI is InChI=1S/C18H14ClFN2O3/c1-25-16-6-5-12(9-15(16)20)11-21-7-8-22(18(24)17(21)23)14-4-2-3-13(19)10-14/h2-10H,11H2,1H3. The Labute approximate surface area is 147 Å². The summed E-state index contributed by atoms with van der Waals surface area (Å²) in [5, 5.41) is 0.460. The molecule has 7 heteroatoms. The van der Waals surface area contributed by atoms with Crippen molar-refractivity contribution in [2.75, 3.05) is 7.11 Å². The number of aromatic nitrogens is 2. The molecule has 3 aromatic rings. The molecule has 2 aromatic carbocycles. The van der Waals surface area contributed by atoms with E-state index in [4.69, 9.17) is 16.3 Å². The van der Waals surface area contributed by atoms with Crippen molar-refractivity contribution in [3.05, 3.63) is 92.0 Å². The van der Waals surface area contributed by atoms with Crippen LogP contribution in [0.4, 0.5) is 4.39 Å². The van der Waals surface area contributed by atoms with E-state index < -0.39 is 16.9 Å². The Kier molecular flexibility index (Phi) is 4.72.